The molecule has 7 nitrogen and oxygen atoms in total. The maximum Gasteiger partial charge on any atom is 0.243 e. The van der Waals surface area contributed by atoms with Crippen molar-refractivity contribution in [2.45, 2.75) is 25.1 Å². The minimum atomic E-state index is -0.580. The molecule has 0 saturated carbocycles. The third-order valence-corrected chi connectivity index (χ3v) is 6.67. The van der Waals surface area contributed by atoms with Crippen molar-refractivity contribution in [3.05, 3.63) is 77.2 Å². The van der Waals surface area contributed by atoms with Gasteiger partial charge in [0.25, 0.3) is 0 Å². The number of benzene rings is 2. The van der Waals surface area contributed by atoms with Crippen LogP contribution < -0.4 is 10.1 Å². The summed E-state index contributed by atoms with van der Waals surface area (Å²) in [6, 6.07) is 18.3. The van der Waals surface area contributed by atoms with Gasteiger partial charge in [0.2, 0.25) is 11.8 Å². The Morgan fingerprint density at radius 2 is 1.97 bits per heavy atom. The van der Waals surface area contributed by atoms with Crippen molar-refractivity contribution in [2.24, 2.45) is 4.99 Å². The molecule has 3 aromatic rings. The average Bonchev–Trinajstić information content (AvgIpc) is 3.41. The van der Waals surface area contributed by atoms with Crippen LogP contribution in [0.4, 0.5) is 11.4 Å². The summed E-state index contributed by atoms with van der Waals surface area (Å²) in [4.78, 5) is 32.1. The molecule has 1 aromatic heterocycles. The van der Waals surface area contributed by atoms with E-state index >= 15 is 0 Å². The third kappa shape index (κ3) is 5.85. The molecule has 4 rings (SSSR count). The van der Waals surface area contributed by atoms with Gasteiger partial charge < -0.3 is 14.5 Å². The van der Waals surface area contributed by atoms with Crippen molar-refractivity contribution >= 4 is 56.0 Å². The van der Waals surface area contributed by atoms with Crippen molar-refractivity contribution in [1.82, 2.24) is 4.90 Å². The number of aliphatic imine (C=N–C) groups is 1. The first-order chi connectivity index (χ1) is 16.0. The van der Waals surface area contributed by atoms with E-state index in [9.17, 15) is 9.59 Å². The highest BCUT2D eigenvalue weighted by molar-refractivity contribution is 9.10. The molecule has 170 valence electrons. The number of halogens is 1. The number of carbonyl (C=O) groups is 2. The molecular weight excluding hydrogens is 506 g/mol. The molecule has 9 heteroatoms. The zero-order chi connectivity index (χ0) is 23.2. The lowest BCUT2D eigenvalue weighted by atomic mass is 10.2. The highest BCUT2D eigenvalue weighted by atomic mass is 79.9. The Kier molecular flexibility index (Phi) is 7.51. The molecule has 0 aliphatic carbocycles. The number of amides is 2. The van der Waals surface area contributed by atoms with Crippen LogP contribution in [0.1, 0.15) is 19.1 Å². The van der Waals surface area contributed by atoms with Crippen LogP contribution in [-0.2, 0) is 16.1 Å². The van der Waals surface area contributed by atoms with E-state index in [1.165, 1.54) is 11.8 Å². The molecule has 2 heterocycles. The highest BCUT2D eigenvalue weighted by Crippen LogP contribution is 2.33. The number of furan rings is 1. The van der Waals surface area contributed by atoms with E-state index in [-0.39, 0.29) is 24.8 Å². The fourth-order valence-electron chi connectivity index (χ4n) is 3.26. The Bertz CT molecular complexity index is 1150. The van der Waals surface area contributed by atoms with Crippen molar-refractivity contribution in [3.8, 4) is 5.75 Å². The lowest BCUT2D eigenvalue weighted by Crippen LogP contribution is -2.33. The monoisotopic (exact) mass is 527 g/mol. The Morgan fingerprint density at radius 1 is 1.18 bits per heavy atom. The number of anilines is 1. The highest BCUT2D eigenvalue weighted by Gasteiger charge is 2.39. The molecule has 0 bridgehead atoms. The molecule has 1 saturated heterocycles. The van der Waals surface area contributed by atoms with Crippen LogP contribution in [-0.4, -0.2) is 33.7 Å². The molecule has 2 amide bonds. The second kappa shape index (κ2) is 10.7. The predicted octanol–water partition coefficient (Wildman–Crippen LogP) is 5.60. The van der Waals surface area contributed by atoms with E-state index in [2.05, 4.69) is 26.2 Å². The zero-order valence-electron chi connectivity index (χ0n) is 17.9. The largest absolute Gasteiger partial charge is 0.494 e. The minimum Gasteiger partial charge on any atom is -0.494 e. The van der Waals surface area contributed by atoms with Crippen molar-refractivity contribution in [3.63, 3.8) is 0 Å². The van der Waals surface area contributed by atoms with Gasteiger partial charge >= 0.3 is 0 Å². The second-order valence-electron chi connectivity index (χ2n) is 7.16. The fourth-order valence-corrected chi connectivity index (χ4v) is 4.80. The van der Waals surface area contributed by atoms with Crippen LogP contribution in [0.3, 0.4) is 0 Å². The van der Waals surface area contributed by atoms with Crippen molar-refractivity contribution < 1.29 is 18.7 Å². The van der Waals surface area contributed by atoms with E-state index in [0.29, 0.717) is 28.9 Å². The smallest absolute Gasteiger partial charge is 0.243 e. The van der Waals surface area contributed by atoms with E-state index in [0.717, 1.165) is 10.2 Å². The van der Waals surface area contributed by atoms with E-state index < -0.39 is 5.25 Å². The van der Waals surface area contributed by atoms with Crippen LogP contribution in [0.25, 0.3) is 0 Å². The van der Waals surface area contributed by atoms with Gasteiger partial charge in [-0.15, -0.1) is 0 Å². The van der Waals surface area contributed by atoms with Crippen LogP contribution in [0.2, 0.25) is 0 Å². The van der Waals surface area contributed by atoms with Crippen LogP contribution >= 0.6 is 27.7 Å². The van der Waals surface area contributed by atoms with E-state index in [1.807, 2.05) is 49.4 Å². The summed E-state index contributed by atoms with van der Waals surface area (Å²) >= 11 is 4.70. The van der Waals surface area contributed by atoms with Crippen LogP contribution in [0.15, 0.2) is 80.8 Å². The summed E-state index contributed by atoms with van der Waals surface area (Å²) in [6.07, 6.45) is 1.59. The maximum absolute atomic E-state index is 13.2. The number of rotatable bonds is 8. The Morgan fingerprint density at radius 3 is 2.67 bits per heavy atom. The van der Waals surface area contributed by atoms with Crippen LogP contribution in [0, 0.1) is 0 Å². The van der Waals surface area contributed by atoms with E-state index in [1.54, 1.807) is 29.4 Å². The fraction of sp³-hybridized carbons (Fsp3) is 0.208. The van der Waals surface area contributed by atoms with Gasteiger partial charge in [0.05, 0.1) is 30.8 Å². The van der Waals surface area contributed by atoms with Gasteiger partial charge in [0.1, 0.15) is 16.8 Å². The minimum absolute atomic E-state index is 0.0296. The molecule has 1 aliphatic heterocycles. The standard InChI is InChI=1S/C24H22BrN3O4S/c1-2-31-17-11-9-16(10-12-17)26-24-28(15-18-6-5-13-32-18)23(30)21(33-24)14-22(29)27-20-8-4-3-7-19(20)25/h3-13,21H,2,14-15H2,1H3,(H,27,29)/t21-/m1/s1. The molecule has 2 aromatic carbocycles. The number of thioether (sulfide) groups is 1. The number of hydrogen-bond acceptors (Lipinski definition) is 6. The molecular formula is C24H22BrN3O4S. The van der Waals surface area contributed by atoms with Gasteiger partial charge in [-0.25, -0.2) is 4.99 Å². The number of para-hydroxylation sites is 1. The summed E-state index contributed by atoms with van der Waals surface area (Å²) in [6.45, 7) is 2.75. The first kappa shape index (κ1) is 23.1. The van der Waals surface area contributed by atoms with Crippen LogP contribution in [0.5, 0.6) is 5.75 Å². The molecule has 33 heavy (non-hydrogen) atoms. The molecule has 0 spiro atoms. The lowest BCUT2D eigenvalue weighted by Gasteiger charge is -2.15. The topological polar surface area (TPSA) is 84.1 Å². The number of ether oxygens (including phenoxy) is 1. The van der Waals surface area contributed by atoms with Gasteiger partial charge in [-0.3, -0.25) is 14.5 Å². The number of nitrogens with zero attached hydrogens (tertiary/aromatic N) is 2. The Hall–Kier alpha value is -3.04. The normalized spacial score (nSPS) is 16.9. The molecule has 0 radical (unpaired) electrons. The second-order valence-corrected chi connectivity index (χ2v) is 9.19. The summed E-state index contributed by atoms with van der Waals surface area (Å²) in [5, 5.41) is 2.81. The molecule has 1 atom stereocenters. The van der Waals surface area contributed by atoms with Crippen molar-refractivity contribution in [1.29, 1.82) is 0 Å². The summed E-state index contributed by atoms with van der Waals surface area (Å²) in [7, 11) is 0. The van der Waals surface area contributed by atoms with Crippen molar-refractivity contribution in [2.75, 3.05) is 11.9 Å². The quantitative estimate of drug-likeness (QED) is 0.412. The third-order valence-electron chi connectivity index (χ3n) is 4.81. The lowest BCUT2D eigenvalue weighted by molar-refractivity contribution is -0.128. The summed E-state index contributed by atoms with van der Waals surface area (Å²) in [5.41, 5.74) is 1.35. The number of carbonyl (C=O) groups excluding carboxylic acids is 2. The molecule has 1 N–H and O–H groups in total. The number of hydrogen-bond donors (Lipinski definition) is 1. The summed E-state index contributed by atoms with van der Waals surface area (Å²) in [5.74, 6) is 0.976. The molecule has 1 fully saturated rings. The Labute approximate surface area is 204 Å². The predicted molar refractivity (Wildman–Crippen MR) is 133 cm³/mol. The molecule has 0 unspecified atom stereocenters. The zero-order valence-corrected chi connectivity index (χ0v) is 20.3. The van der Waals surface area contributed by atoms with E-state index in [4.69, 9.17) is 9.15 Å². The average molecular weight is 528 g/mol. The first-order valence-corrected chi connectivity index (χ1v) is 12.1. The van der Waals surface area contributed by atoms with Gasteiger partial charge in [-0.1, -0.05) is 23.9 Å². The SMILES string of the molecule is CCOc1ccc(N=C2S[C@H](CC(=O)Nc3ccccc3Br)C(=O)N2Cc2ccco2)cc1. The van der Waals surface area contributed by atoms with Gasteiger partial charge in [-0.05, 0) is 71.4 Å². The number of nitrogens with one attached hydrogen (secondary N) is 1. The number of amidine groups is 1. The van der Waals surface area contributed by atoms with Gasteiger partial charge in [0, 0.05) is 10.9 Å². The van der Waals surface area contributed by atoms with Gasteiger partial charge in [-0.2, -0.15) is 0 Å². The van der Waals surface area contributed by atoms with Gasteiger partial charge in [0.15, 0.2) is 5.17 Å². The first-order valence-electron chi connectivity index (χ1n) is 10.4. The Balaban J connectivity index is 1.52. The molecule has 1 aliphatic rings. The summed E-state index contributed by atoms with van der Waals surface area (Å²) < 4.78 is 11.7. The maximum atomic E-state index is 13.2.